The lowest BCUT2D eigenvalue weighted by molar-refractivity contribution is -0.142. The number of nitrogens with one attached hydrogen (secondary N) is 1. The Morgan fingerprint density at radius 3 is 2.41 bits per heavy atom. The van der Waals surface area contributed by atoms with Gasteiger partial charge in [-0.15, -0.1) is 0 Å². The molecule has 0 saturated heterocycles. The maximum absolute atomic E-state index is 12.5. The first-order chi connectivity index (χ1) is 13.1. The molecule has 1 heterocycles. The standard InChI is InChI=1S/C21H21N3O3/c25-20(23-16-9-5-15(6-10-16)21(26)27)14-7-11-17(12-8-14)24-13-22-18-3-1-2-4-19(18)24/h1-4,7-8,11-13,15-16H,5-6,9-10H2,(H,23,25)(H,26,27). The normalized spacial score (nSPS) is 19.7. The summed E-state index contributed by atoms with van der Waals surface area (Å²) in [6.07, 6.45) is 4.43. The number of carboxylic acids is 1. The summed E-state index contributed by atoms with van der Waals surface area (Å²) in [6.45, 7) is 0. The summed E-state index contributed by atoms with van der Waals surface area (Å²) >= 11 is 0. The number of hydrogen-bond donors (Lipinski definition) is 2. The molecule has 0 radical (unpaired) electrons. The average molecular weight is 363 g/mol. The fraction of sp³-hybridized carbons (Fsp3) is 0.286. The molecule has 2 aromatic carbocycles. The number of rotatable bonds is 4. The van der Waals surface area contributed by atoms with Crippen LogP contribution in [-0.4, -0.2) is 32.6 Å². The predicted molar refractivity (Wildman–Crippen MR) is 102 cm³/mol. The van der Waals surface area contributed by atoms with Crippen LogP contribution in [0.25, 0.3) is 16.7 Å². The molecule has 3 aromatic rings. The van der Waals surface area contributed by atoms with Crippen LogP contribution in [0.2, 0.25) is 0 Å². The number of amides is 1. The van der Waals surface area contributed by atoms with Crippen LogP contribution in [0.15, 0.2) is 54.9 Å². The van der Waals surface area contributed by atoms with Gasteiger partial charge < -0.3 is 10.4 Å². The Balaban J connectivity index is 1.43. The Labute approximate surface area is 156 Å². The molecule has 0 unspecified atom stereocenters. The Kier molecular flexibility index (Phi) is 4.62. The van der Waals surface area contributed by atoms with Gasteiger partial charge in [0.05, 0.1) is 17.0 Å². The molecule has 1 aromatic heterocycles. The van der Waals surface area contributed by atoms with Gasteiger partial charge in [-0.1, -0.05) is 12.1 Å². The number of para-hydroxylation sites is 2. The van der Waals surface area contributed by atoms with E-state index in [2.05, 4.69) is 10.3 Å². The fourth-order valence-corrected chi connectivity index (χ4v) is 3.69. The van der Waals surface area contributed by atoms with E-state index < -0.39 is 5.97 Å². The van der Waals surface area contributed by atoms with Gasteiger partial charge in [0.15, 0.2) is 0 Å². The van der Waals surface area contributed by atoms with Crippen molar-refractivity contribution in [3.8, 4) is 5.69 Å². The zero-order valence-electron chi connectivity index (χ0n) is 14.8. The molecule has 138 valence electrons. The van der Waals surface area contributed by atoms with Crippen molar-refractivity contribution in [3.63, 3.8) is 0 Å². The number of aromatic nitrogens is 2. The Bertz CT molecular complexity index is 970. The summed E-state index contributed by atoms with van der Waals surface area (Å²) < 4.78 is 1.99. The van der Waals surface area contributed by atoms with Gasteiger partial charge in [-0.05, 0) is 62.1 Å². The number of imidazole rings is 1. The number of nitrogens with zero attached hydrogens (tertiary/aromatic N) is 2. The number of carbonyl (C=O) groups excluding carboxylic acids is 1. The third-order valence-corrected chi connectivity index (χ3v) is 5.27. The van der Waals surface area contributed by atoms with Gasteiger partial charge in [-0.3, -0.25) is 14.2 Å². The molecular formula is C21H21N3O3. The van der Waals surface area contributed by atoms with E-state index in [1.54, 1.807) is 6.33 Å². The molecule has 1 saturated carbocycles. The van der Waals surface area contributed by atoms with Crippen LogP contribution < -0.4 is 5.32 Å². The second-order valence-electron chi connectivity index (χ2n) is 7.01. The van der Waals surface area contributed by atoms with E-state index in [9.17, 15) is 9.59 Å². The van der Waals surface area contributed by atoms with Crippen molar-refractivity contribution >= 4 is 22.9 Å². The molecule has 27 heavy (non-hydrogen) atoms. The molecule has 1 aliphatic rings. The number of carboxylic acid groups (broad SMARTS) is 1. The minimum atomic E-state index is -0.734. The molecule has 0 spiro atoms. The van der Waals surface area contributed by atoms with Crippen LogP contribution in [0.3, 0.4) is 0 Å². The Morgan fingerprint density at radius 2 is 1.70 bits per heavy atom. The summed E-state index contributed by atoms with van der Waals surface area (Å²) in [5, 5.41) is 12.1. The summed E-state index contributed by atoms with van der Waals surface area (Å²) in [7, 11) is 0. The van der Waals surface area contributed by atoms with Crippen LogP contribution in [0.4, 0.5) is 0 Å². The van der Waals surface area contributed by atoms with Crippen LogP contribution in [-0.2, 0) is 4.79 Å². The van der Waals surface area contributed by atoms with E-state index in [0.29, 0.717) is 31.2 Å². The second kappa shape index (κ2) is 7.23. The average Bonchev–Trinajstić information content (AvgIpc) is 3.12. The van der Waals surface area contributed by atoms with Crippen LogP contribution in [0.1, 0.15) is 36.0 Å². The number of carbonyl (C=O) groups is 2. The number of aliphatic carboxylic acids is 1. The third kappa shape index (κ3) is 3.56. The second-order valence-corrected chi connectivity index (χ2v) is 7.01. The maximum atomic E-state index is 12.5. The van der Waals surface area contributed by atoms with Gasteiger partial charge in [0.1, 0.15) is 6.33 Å². The molecule has 6 nitrogen and oxygen atoms in total. The molecule has 4 rings (SSSR count). The fourth-order valence-electron chi connectivity index (χ4n) is 3.69. The maximum Gasteiger partial charge on any atom is 0.306 e. The van der Waals surface area contributed by atoms with Crippen molar-refractivity contribution in [3.05, 3.63) is 60.4 Å². The zero-order valence-corrected chi connectivity index (χ0v) is 14.8. The van der Waals surface area contributed by atoms with Crippen molar-refractivity contribution in [1.29, 1.82) is 0 Å². The van der Waals surface area contributed by atoms with Crippen LogP contribution >= 0.6 is 0 Å². The van der Waals surface area contributed by atoms with Crippen molar-refractivity contribution in [1.82, 2.24) is 14.9 Å². The highest BCUT2D eigenvalue weighted by Gasteiger charge is 2.26. The Morgan fingerprint density at radius 1 is 1.00 bits per heavy atom. The van der Waals surface area contributed by atoms with E-state index in [4.69, 9.17) is 5.11 Å². The first kappa shape index (κ1) is 17.3. The van der Waals surface area contributed by atoms with E-state index in [0.717, 1.165) is 16.7 Å². The minimum Gasteiger partial charge on any atom is -0.481 e. The van der Waals surface area contributed by atoms with E-state index >= 15 is 0 Å². The van der Waals surface area contributed by atoms with Gasteiger partial charge in [0.2, 0.25) is 0 Å². The molecule has 1 amide bonds. The lowest BCUT2D eigenvalue weighted by atomic mass is 9.86. The third-order valence-electron chi connectivity index (χ3n) is 5.27. The molecule has 1 aliphatic carbocycles. The highest BCUT2D eigenvalue weighted by Crippen LogP contribution is 2.25. The highest BCUT2D eigenvalue weighted by molar-refractivity contribution is 5.94. The van der Waals surface area contributed by atoms with Crippen LogP contribution in [0, 0.1) is 5.92 Å². The Hall–Kier alpha value is -3.15. The molecule has 2 N–H and O–H groups in total. The molecular weight excluding hydrogens is 342 g/mol. The van der Waals surface area contributed by atoms with Crippen molar-refractivity contribution in [2.45, 2.75) is 31.7 Å². The first-order valence-corrected chi connectivity index (χ1v) is 9.18. The van der Waals surface area contributed by atoms with Gasteiger partial charge >= 0.3 is 5.97 Å². The zero-order chi connectivity index (χ0) is 18.8. The first-order valence-electron chi connectivity index (χ1n) is 9.18. The molecule has 0 atom stereocenters. The van der Waals surface area contributed by atoms with Crippen molar-refractivity contribution in [2.24, 2.45) is 5.92 Å². The van der Waals surface area contributed by atoms with Gasteiger partial charge in [-0.2, -0.15) is 0 Å². The van der Waals surface area contributed by atoms with Crippen molar-refractivity contribution in [2.75, 3.05) is 0 Å². The van der Waals surface area contributed by atoms with Crippen LogP contribution in [0.5, 0.6) is 0 Å². The van der Waals surface area contributed by atoms with E-state index in [1.165, 1.54) is 0 Å². The molecule has 1 fully saturated rings. The SMILES string of the molecule is O=C(NC1CCC(C(=O)O)CC1)c1ccc(-n2cnc3ccccc32)cc1. The predicted octanol–water partition coefficient (Wildman–Crippen LogP) is 3.40. The highest BCUT2D eigenvalue weighted by atomic mass is 16.4. The quantitative estimate of drug-likeness (QED) is 0.744. The monoisotopic (exact) mass is 363 g/mol. The topological polar surface area (TPSA) is 84.2 Å². The van der Waals surface area contributed by atoms with Gasteiger partial charge in [0.25, 0.3) is 5.91 Å². The van der Waals surface area contributed by atoms with E-state index in [1.807, 2.05) is 53.1 Å². The minimum absolute atomic E-state index is 0.0466. The van der Waals surface area contributed by atoms with E-state index in [-0.39, 0.29) is 17.9 Å². The lowest BCUT2D eigenvalue weighted by Crippen LogP contribution is -2.38. The lowest BCUT2D eigenvalue weighted by Gasteiger charge is -2.26. The molecule has 0 aliphatic heterocycles. The number of benzene rings is 2. The molecule has 6 heteroatoms. The number of hydrogen-bond acceptors (Lipinski definition) is 3. The van der Waals surface area contributed by atoms with Gasteiger partial charge in [-0.25, -0.2) is 4.98 Å². The summed E-state index contributed by atoms with van der Waals surface area (Å²) in [5.74, 6) is -1.12. The molecule has 0 bridgehead atoms. The summed E-state index contributed by atoms with van der Waals surface area (Å²) in [4.78, 5) is 27.9. The smallest absolute Gasteiger partial charge is 0.306 e. The summed E-state index contributed by atoms with van der Waals surface area (Å²) in [5.41, 5.74) is 3.49. The van der Waals surface area contributed by atoms with Crippen molar-refractivity contribution < 1.29 is 14.7 Å². The largest absolute Gasteiger partial charge is 0.481 e. The number of fused-ring (bicyclic) bond motifs is 1. The van der Waals surface area contributed by atoms with Gasteiger partial charge in [0, 0.05) is 17.3 Å². The summed E-state index contributed by atoms with van der Waals surface area (Å²) in [6, 6.07) is 15.4.